The Morgan fingerprint density at radius 2 is 1.62 bits per heavy atom. The van der Waals surface area contributed by atoms with Gasteiger partial charge >= 0.3 is 6.18 Å². The summed E-state index contributed by atoms with van der Waals surface area (Å²) in [5.74, 6) is 0. The number of sulfonamides is 1. The van der Waals surface area contributed by atoms with Crippen LogP contribution in [0.1, 0.15) is 11.1 Å². The summed E-state index contributed by atoms with van der Waals surface area (Å²) in [5, 5.41) is 4.89. The first-order valence-electron chi connectivity index (χ1n) is 5.91. The number of nitrogens with two attached hydrogens (primary N) is 1. The minimum absolute atomic E-state index is 0.0759. The van der Waals surface area contributed by atoms with Crippen molar-refractivity contribution in [2.24, 2.45) is 5.14 Å². The van der Waals surface area contributed by atoms with Crippen LogP contribution in [0.4, 0.5) is 13.2 Å². The smallest absolute Gasteiger partial charge is 0.225 e. The molecule has 0 amide bonds. The monoisotopic (exact) mass is 315 g/mol. The molecule has 0 aromatic heterocycles. The summed E-state index contributed by atoms with van der Waals surface area (Å²) in [7, 11) is -4.19. The molecule has 21 heavy (non-hydrogen) atoms. The van der Waals surface area contributed by atoms with Gasteiger partial charge in [0, 0.05) is 0 Å². The summed E-state index contributed by atoms with van der Waals surface area (Å²) < 4.78 is 62.1. The molecule has 0 aliphatic carbocycles. The van der Waals surface area contributed by atoms with Crippen LogP contribution >= 0.6 is 0 Å². The Kier molecular flexibility index (Phi) is 3.81. The molecule has 0 atom stereocenters. The molecule has 7 heteroatoms. The molecule has 2 rings (SSSR count). The van der Waals surface area contributed by atoms with Crippen LogP contribution < -0.4 is 5.14 Å². The summed E-state index contributed by atoms with van der Waals surface area (Å²) in [6, 6.07) is 9.34. The Labute approximate surface area is 120 Å². The first-order valence-corrected chi connectivity index (χ1v) is 7.45. The lowest BCUT2D eigenvalue weighted by Crippen LogP contribution is -2.15. The van der Waals surface area contributed by atoms with Crippen LogP contribution in [0.2, 0.25) is 0 Å². The van der Waals surface area contributed by atoms with E-state index in [-0.39, 0.29) is 5.56 Å². The SMILES string of the molecule is Cc1ccccc1-c1ccc(S(N)(=O)=O)cc1C(F)(F)F. The fourth-order valence-electron chi connectivity index (χ4n) is 2.04. The molecule has 112 valence electrons. The van der Waals surface area contributed by atoms with Crippen molar-refractivity contribution < 1.29 is 21.6 Å². The first kappa shape index (κ1) is 15.5. The molecule has 0 aliphatic rings. The van der Waals surface area contributed by atoms with E-state index in [2.05, 4.69) is 0 Å². The van der Waals surface area contributed by atoms with Crippen molar-refractivity contribution in [2.75, 3.05) is 0 Å². The summed E-state index contributed by atoms with van der Waals surface area (Å²) in [4.78, 5) is -0.563. The second-order valence-electron chi connectivity index (χ2n) is 4.57. The topological polar surface area (TPSA) is 60.2 Å². The molecule has 0 saturated heterocycles. The highest BCUT2D eigenvalue weighted by atomic mass is 32.2. The van der Waals surface area contributed by atoms with Gasteiger partial charge in [-0.2, -0.15) is 13.2 Å². The van der Waals surface area contributed by atoms with Crippen LogP contribution in [0.25, 0.3) is 11.1 Å². The van der Waals surface area contributed by atoms with Gasteiger partial charge < -0.3 is 0 Å². The van der Waals surface area contributed by atoms with Gasteiger partial charge in [-0.3, -0.25) is 0 Å². The molecule has 0 spiro atoms. The zero-order valence-corrected chi connectivity index (χ0v) is 11.8. The second-order valence-corrected chi connectivity index (χ2v) is 6.13. The molecule has 3 nitrogen and oxygen atoms in total. The minimum Gasteiger partial charge on any atom is -0.225 e. The minimum atomic E-state index is -4.68. The lowest BCUT2D eigenvalue weighted by Gasteiger charge is -2.15. The predicted octanol–water partition coefficient (Wildman–Crippen LogP) is 3.33. The molecule has 2 N–H and O–H groups in total. The average molecular weight is 315 g/mol. The standard InChI is InChI=1S/C14H12F3NO2S/c1-9-4-2-3-5-11(9)12-7-6-10(21(18,19)20)8-13(12)14(15,16)17/h2-8H,1H3,(H2,18,19,20). The van der Waals surface area contributed by atoms with E-state index in [9.17, 15) is 21.6 Å². The van der Waals surface area contributed by atoms with Crippen molar-refractivity contribution >= 4 is 10.0 Å². The van der Waals surface area contributed by atoms with E-state index in [4.69, 9.17) is 5.14 Å². The van der Waals surface area contributed by atoms with Gasteiger partial charge in [0.15, 0.2) is 0 Å². The van der Waals surface area contributed by atoms with Gasteiger partial charge in [-0.15, -0.1) is 0 Å². The highest BCUT2D eigenvalue weighted by molar-refractivity contribution is 7.89. The predicted molar refractivity (Wildman–Crippen MR) is 73.0 cm³/mol. The molecular formula is C14H12F3NO2S. The lowest BCUT2D eigenvalue weighted by atomic mass is 9.96. The Morgan fingerprint density at radius 1 is 1.00 bits per heavy atom. The van der Waals surface area contributed by atoms with Crippen molar-refractivity contribution in [3.8, 4) is 11.1 Å². The van der Waals surface area contributed by atoms with Crippen LogP contribution in [-0.2, 0) is 16.2 Å². The van der Waals surface area contributed by atoms with Gasteiger partial charge in [0.1, 0.15) is 0 Å². The Hall–Kier alpha value is -1.86. The van der Waals surface area contributed by atoms with Gasteiger partial charge in [0.05, 0.1) is 10.5 Å². The molecule has 2 aromatic carbocycles. The summed E-state index contributed by atoms with van der Waals surface area (Å²) in [6.45, 7) is 1.68. The normalized spacial score (nSPS) is 12.4. The fourth-order valence-corrected chi connectivity index (χ4v) is 2.58. The van der Waals surface area contributed by atoms with Gasteiger partial charge in [-0.1, -0.05) is 30.3 Å². The van der Waals surface area contributed by atoms with Crippen molar-refractivity contribution in [3.63, 3.8) is 0 Å². The average Bonchev–Trinajstić information content (AvgIpc) is 2.36. The van der Waals surface area contributed by atoms with Crippen LogP contribution in [-0.4, -0.2) is 8.42 Å². The molecule has 0 saturated carbocycles. The van der Waals surface area contributed by atoms with Crippen LogP contribution in [0.15, 0.2) is 47.4 Å². The number of benzene rings is 2. The van der Waals surface area contributed by atoms with Crippen LogP contribution in [0.5, 0.6) is 0 Å². The van der Waals surface area contributed by atoms with Gasteiger partial charge in [-0.25, -0.2) is 13.6 Å². The zero-order valence-electron chi connectivity index (χ0n) is 11.0. The van der Waals surface area contributed by atoms with Crippen LogP contribution in [0, 0.1) is 6.92 Å². The number of aryl methyl sites for hydroxylation is 1. The fraction of sp³-hybridized carbons (Fsp3) is 0.143. The molecule has 0 aliphatic heterocycles. The highest BCUT2D eigenvalue weighted by Gasteiger charge is 2.35. The maximum absolute atomic E-state index is 13.2. The molecule has 0 heterocycles. The Bertz CT molecular complexity index is 783. The number of primary sulfonamides is 1. The van der Waals surface area contributed by atoms with Crippen molar-refractivity contribution in [3.05, 3.63) is 53.6 Å². The maximum Gasteiger partial charge on any atom is 0.417 e. The third-order valence-corrected chi connectivity index (χ3v) is 3.97. The van der Waals surface area contributed by atoms with E-state index in [0.29, 0.717) is 17.2 Å². The number of alkyl halides is 3. The summed E-state index contributed by atoms with van der Waals surface area (Å²) >= 11 is 0. The van der Waals surface area contributed by atoms with Gasteiger partial charge in [0.2, 0.25) is 10.0 Å². The molecule has 0 unspecified atom stereocenters. The molecule has 0 radical (unpaired) electrons. The number of hydrogen-bond donors (Lipinski definition) is 1. The largest absolute Gasteiger partial charge is 0.417 e. The summed E-state index contributed by atoms with van der Waals surface area (Å²) in [5.41, 5.74) is -0.0477. The van der Waals surface area contributed by atoms with E-state index < -0.39 is 26.7 Å². The Morgan fingerprint density at radius 3 is 2.14 bits per heavy atom. The number of rotatable bonds is 2. The van der Waals surface area contributed by atoms with Gasteiger partial charge in [-0.05, 0) is 35.7 Å². The second kappa shape index (κ2) is 5.16. The number of halogens is 3. The third-order valence-electron chi connectivity index (χ3n) is 3.06. The molecule has 0 bridgehead atoms. The van der Waals surface area contributed by atoms with E-state index in [0.717, 1.165) is 12.1 Å². The zero-order chi connectivity index (χ0) is 15.8. The quantitative estimate of drug-likeness (QED) is 0.924. The number of hydrogen-bond acceptors (Lipinski definition) is 2. The molecule has 2 aromatic rings. The van der Waals surface area contributed by atoms with Crippen molar-refractivity contribution in [1.82, 2.24) is 0 Å². The van der Waals surface area contributed by atoms with Crippen molar-refractivity contribution in [2.45, 2.75) is 18.0 Å². The Balaban J connectivity index is 2.76. The van der Waals surface area contributed by atoms with Gasteiger partial charge in [0.25, 0.3) is 0 Å². The van der Waals surface area contributed by atoms with Crippen molar-refractivity contribution in [1.29, 1.82) is 0 Å². The highest BCUT2D eigenvalue weighted by Crippen LogP contribution is 2.39. The summed E-state index contributed by atoms with van der Waals surface area (Å²) in [6.07, 6.45) is -4.68. The van der Waals surface area contributed by atoms with E-state index >= 15 is 0 Å². The van der Waals surface area contributed by atoms with Crippen LogP contribution in [0.3, 0.4) is 0 Å². The maximum atomic E-state index is 13.2. The van der Waals surface area contributed by atoms with E-state index in [1.165, 1.54) is 0 Å². The molecule has 0 fully saturated rings. The lowest BCUT2D eigenvalue weighted by molar-refractivity contribution is -0.137. The van der Waals surface area contributed by atoms with E-state index in [1.54, 1.807) is 31.2 Å². The van der Waals surface area contributed by atoms with E-state index in [1.807, 2.05) is 0 Å². The molecular weight excluding hydrogens is 303 g/mol. The first-order chi connectivity index (χ1) is 9.60. The third kappa shape index (κ3) is 3.25.